The summed E-state index contributed by atoms with van der Waals surface area (Å²) in [6.07, 6.45) is 4.21. The maximum Gasteiger partial charge on any atom is 0.268 e. The highest BCUT2D eigenvalue weighted by Gasteiger charge is 2.18. The molecule has 1 fully saturated rings. The second-order valence-corrected chi connectivity index (χ2v) is 5.20. The summed E-state index contributed by atoms with van der Waals surface area (Å²) < 4.78 is 13.1. The Morgan fingerprint density at radius 2 is 2.00 bits per heavy atom. The van der Waals surface area contributed by atoms with Crippen LogP contribution in [0.1, 0.15) is 36.2 Å². The zero-order valence-corrected chi connectivity index (χ0v) is 10.9. The minimum atomic E-state index is -0.467. The number of rotatable bonds is 2. The molecular formula is C15H15FN2O2. The minimum Gasteiger partial charge on any atom is -0.348 e. The van der Waals surface area contributed by atoms with Crippen molar-refractivity contribution in [3.8, 4) is 0 Å². The lowest BCUT2D eigenvalue weighted by atomic mass is 10.1. The number of hydrogen-bond acceptors (Lipinski definition) is 2. The van der Waals surface area contributed by atoms with Crippen LogP contribution in [-0.2, 0) is 0 Å². The first-order valence-corrected chi connectivity index (χ1v) is 6.77. The van der Waals surface area contributed by atoms with Crippen LogP contribution in [0.3, 0.4) is 0 Å². The molecule has 1 saturated carbocycles. The normalized spacial score (nSPS) is 15.7. The van der Waals surface area contributed by atoms with Crippen molar-refractivity contribution >= 4 is 16.7 Å². The van der Waals surface area contributed by atoms with Crippen LogP contribution in [0.15, 0.2) is 29.1 Å². The van der Waals surface area contributed by atoms with E-state index in [0.717, 1.165) is 25.7 Å². The van der Waals surface area contributed by atoms with Crippen molar-refractivity contribution in [1.82, 2.24) is 10.3 Å². The van der Waals surface area contributed by atoms with Gasteiger partial charge in [-0.15, -0.1) is 0 Å². The van der Waals surface area contributed by atoms with Crippen LogP contribution < -0.4 is 10.9 Å². The summed E-state index contributed by atoms with van der Waals surface area (Å²) in [5.41, 5.74) is -0.223. The van der Waals surface area contributed by atoms with Crippen molar-refractivity contribution in [2.45, 2.75) is 31.7 Å². The lowest BCUT2D eigenvalue weighted by Gasteiger charge is -2.12. The van der Waals surface area contributed by atoms with Gasteiger partial charge in [0.15, 0.2) is 0 Å². The maximum atomic E-state index is 13.1. The molecule has 1 aliphatic carbocycles. The van der Waals surface area contributed by atoms with Crippen molar-refractivity contribution < 1.29 is 9.18 Å². The van der Waals surface area contributed by atoms with Crippen LogP contribution in [0.25, 0.3) is 10.8 Å². The topological polar surface area (TPSA) is 62.0 Å². The number of hydrogen-bond donors (Lipinski definition) is 2. The third-order valence-electron chi connectivity index (χ3n) is 3.74. The SMILES string of the molecule is O=C(NC1CCCC1)c1cc2ccc(F)cc2c(=O)[nH]1. The maximum absolute atomic E-state index is 13.1. The van der Waals surface area contributed by atoms with Gasteiger partial charge >= 0.3 is 0 Å². The standard InChI is InChI=1S/C15H15FN2O2/c16-10-6-5-9-7-13(18-14(19)12(9)8-10)15(20)17-11-3-1-2-4-11/h5-8,11H,1-4H2,(H,17,20)(H,18,19). The molecule has 0 unspecified atom stereocenters. The van der Waals surface area contributed by atoms with Gasteiger partial charge in [0.2, 0.25) is 0 Å². The number of amides is 1. The van der Waals surface area contributed by atoms with Crippen LogP contribution in [0.5, 0.6) is 0 Å². The Morgan fingerprint density at radius 1 is 1.25 bits per heavy atom. The number of H-pyrrole nitrogens is 1. The monoisotopic (exact) mass is 274 g/mol. The Morgan fingerprint density at radius 3 is 2.75 bits per heavy atom. The van der Waals surface area contributed by atoms with Crippen LogP contribution in [0, 0.1) is 5.82 Å². The summed E-state index contributed by atoms with van der Waals surface area (Å²) in [5, 5.41) is 3.73. The summed E-state index contributed by atoms with van der Waals surface area (Å²) in [6.45, 7) is 0. The molecule has 4 nitrogen and oxygen atoms in total. The lowest BCUT2D eigenvalue weighted by Crippen LogP contribution is -2.34. The fourth-order valence-corrected chi connectivity index (χ4v) is 2.69. The van der Waals surface area contributed by atoms with Gasteiger partial charge in [-0.3, -0.25) is 9.59 Å². The Bertz CT molecular complexity index is 717. The van der Waals surface area contributed by atoms with Gasteiger partial charge in [0.1, 0.15) is 11.5 Å². The largest absolute Gasteiger partial charge is 0.348 e. The fraction of sp³-hybridized carbons (Fsp3) is 0.333. The molecule has 1 heterocycles. The smallest absolute Gasteiger partial charge is 0.268 e. The number of aromatic amines is 1. The van der Waals surface area contributed by atoms with Gasteiger partial charge in [0, 0.05) is 11.4 Å². The van der Waals surface area contributed by atoms with Gasteiger partial charge in [-0.25, -0.2) is 4.39 Å². The van der Waals surface area contributed by atoms with Gasteiger partial charge in [0.25, 0.3) is 11.5 Å². The third kappa shape index (κ3) is 2.43. The first-order chi connectivity index (χ1) is 9.63. The van der Waals surface area contributed by atoms with Crippen LogP contribution >= 0.6 is 0 Å². The van der Waals surface area contributed by atoms with E-state index in [4.69, 9.17) is 0 Å². The second-order valence-electron chi connectivity index (χ2n) is 5.20. The van der Waals surface area contributed by atoms with Gasteiger partial charge in [-0.05, 0) is 36.4 Å². The molecule has 0 saturated heterocycles. The van der Waals surface area contributed by atoms with E-state index in [1.54, 1.807) is 6.07 Å². The van der Waals surface area contributed by atoms with Crippen molar-refractivity contribution in [2.24, 2.45) is 0 Å². The Hall–Kier alpha value is -2.17. The van der Waals surface area contributed by atoms with E-state index in [1.807, 2.05) is 0 Å². The molecule has 5 heteroatoms. The average molecular weight is 274 g/mol. The van der Waals surface area contributed by atoms with Crippen molar-refractivity contribution in [2.75, 3.05) is 0 Å². The van der Waals surface area contributed by atoms with E-state index in [1.165, 1.54) is 18.2 Å². The number of carbonyl (C=O) groups is 1. The molecule has 3 rings (SSSR count). The molecule has 1 aromatic heterocycles. The van der Waals surface area contributed by atoms with E-state index in [-0.39, 0.29) is 23.0 Å². The molecule has 2 aromatic rings. The van der Waals surface area contributed by atoms with Crippen molar-refractivity contribution in [3.05, 3.63) is 46.1 Å². The first kappa shape index (κ1) is 12.8. The number of benzene rings is 1. The van der Waals surface area contributed by atoms with Crippen LogP contribution in [0.4, 0.5) is 4.39 Å². The molecule has 1 aliphatic rings. The van der Waals surface area contributed by atoms with E-state index < -0.39 is 11.4 Å². The summed E-state index contributed by atoms with van der Waals surface area (Å²) in [7, 11) is 0. The van der Waals surface area contributed by atoms with Crippen LogP contribution in [-0.4, -0.2) is 16.9 Å². The molecule has 0 aliphatic heterocycles. The molecule has 0 bridgehead atoms. The number of carbonyl (C=O) groups excluding carboxylic acids is 1. The molecule has 0 atom stereocenters. The fourth-order valence-electron chi connectivity index (χ4n) is 2.69. The Labute approximate surface area is 115 Å². The summed E-state index contributed by atoms with van der Waals surface area (Å²) in [4.78, 5) is 26.5. The van der Waals surface area contributed by atoms with Crippen LogP contribution in [0.2, 0.25) is 0 Å². The summed E-state index contributed by atoms with van der Waals surface area (Å²) in [6, 6.07) is 5.73. The molecule has 104 valence electrons. The van der Waals surface area contributed by atoms with E-state index >= 15 is 0 Å². The Kier molecular flexibility index (Phi) is 3.26. The number of nitrogens with one attached hydrogen (secondary N) is 2. The Balaban J connectivity index is 1.93. The highest BCUT2D eigenvalue weighted by atomic mass is 19.1. The zero-order chi connectivity index (χ0) is 14.1. The molecule has 1 amide bonds. The first-order valence-electron chi connectivity index (χ1n) is 6.77. The molecular weight excluding hydrogens is 259 g/mol. The van der Waals surface area contributed by atoms with E-state index in [0.29, 0.717) is 5.39 Å². The second kappa shape index (κ2) is 5.07. The number of aromatic nitrogens is 1. The average Bonchev–Trinajstić information content (AvgIpc) is 2.92. The summed E-state index contributed by atoms with van der Waals surface area (Å²) in [5.74, 6) is -0.744. The van der Waals surface area contributed by atoms with Gasteiger partial charge in [0.05, 0.1) is 0 Å². The minimum absolute atomic E-state index is 0.190. The number of halogens is 1. The van der Waals surface area contributed by atoms with E-state index in [2.05, 4.69) is 10.3 Å². The van der Waals surface area contributed by atoms with Gasteiger partial charge < -0.3 is 10.3 Å². The molecule has 1 aromatic carbocycles. The third-order valence-corrected chi connectivity index (χ3v) is 3.74. The van der Waals surface area contributed by atoms with E-state index in [9.17, 15) is 14.0 Å². The molecule has 20 heavy (non-hydrogen) atoms. The zero-order valence-electron chi connectivity index (χ0n) is 10.9. The lowest BCUT2D eigenvalue weighted by molar-refractivity contribution is 0.0933. The highest BCUT2D eigenvalue weighted by molar-refractivity contribution is 5.96. The molecule has 2 N–H and O–H groups in total. The predicted octanol–water partition coefficient (Wildman–Crippen LogP) is 2.34. The van der Waals surface area contributed by atoms with Crippen molar-refractivity contribution in [1.29, 1.82) is 0 Å². The number of pyridine rings is 1. The molecule has 0 radical (unpaired) electrons. The quantitative estimate of drug-likeness (QED) is 0.883. The van der Waals surface area contributed by atoms with Crippen molar-refractivity contribution in [3.63, 3.8) is 0 Å². The highest BCUT2D eigenvalue weighted by Crippen LogP contribution is 2.18. The van der Waals surface area contributed by atoms with Gasteiger partial charge in [-0.2, -0.15) is 0 Å². The van der Waals surface area contributed by atoms with Gasteiger partial charge in [-0.1, -0.05) is 18.9 Å². The molecule has 0 spiro atoms. The number of fused-ring (bicyclic) bond motifs is 1. The predicted molar refractivity (Wildman–Crippen MR) is 74.2 cm³/mol. The summed E-state index contributed by atoms with van der Waals surface area (Å²) >= 11 is 0.